The number of benzene rings is 2. The van der Waals surface area contributed by atoms with E-state index in [0.29, 0.717) is 17.7 Å². The smallest absolute Gasteiger partial charge is 0.434 e. The first-order valence-electron chi connectivity index (χ1n) is 9.32. The van der Waals surface area contributed by atoms with Crippen molar-refractivity contribution in [2.24, 2.45) is 0 Å². The fourth-order valence-electron chi connectivity index (χ4n) is 3.45. The first-order chi connectivity index (χ1) is 15.0. The molecule has 0 fully saturated rings. The Morgan fingerprint density at radius 1 is 1.16 bits per heavy atom. The van der Waals surface area contributed by atoms with Crippen molar-refractivity contribution in [3.63, 3.8) is 0 Å². The van der Waals surface area contributed by atoms with Crippen LogP contribution in [0, 0.1) is 31.3 Å². The van der Waals surface area contributed by atoms with Crippen LogP contribution in [0.15, 0.2) is 38.4 Å². The lowest BCUT2D eigenvalue weighted by atomic mass is 9.88. The van der Waals surface area contributed by atoms with Crippen LogP contribution in [0.4, 0.5) is 13.2 Å². The van der Waals surface area contributed by atoms with E-state index in [0.717, 1.165) is 12.7 Å². The highest BCUT2D eigenvalue weighted by atomic mass is 32.2. The van der Waals surface area contributed by atoms with Crippen LogP contribution in [0.25, 0.3) is 0 Å². The number of aromatic amines is 1. The number of halogens is 3. The van der Waals surface area contributed by atoms with Crippen LogP contribution >= 0.6 is 0 Å². The van der Waals surface area contributed by atoms with Gasteiger partial charge >= 0.3 is 5.76 Å². The molecule has 0 saturated carbocycles. The summed E-state index contributed by atoms with van der Waals surface area (Å²) in [5.74, 6) is -5.96. The van der Waals surface area contributed by atoms with Gasteiger partial charge in [-0.15, -0.1) is 5.10 Å². The third kappa shape index (κ3) is 4.41. The average molecular weight is 471 g/mol. The Bertz CT molecular complexity index is 1320. The largest absolute Gasteiger partial charge is 0.495 e. The molecule has 3 aromatic rings. The molecule has 8 nitrogen and oxygen atoms in total. The number of aryl methyl sites for hydroxylation is 1. The Balaban J connectivity index is 2.16. The molecule has 0 aliphatic carbocycles. The Labute approximate surface area is 181 Å². The summed E-state index contributed by atoms with van der Waals surface area (Å²) in [6.45, 7) is 4.89. The number of ether oxygens (including phenoxy) is 1. The number of hydrogen-bond acceptors (Lipinski definition) is 6. The summed E-state index contributed by atoms with van der Waals surface area (Å²) in [6.07, 6.45) is 0. The van der Waals surface area contributed by atoms with Crippen molar-refractivity contribution in [3.05, 3.63) is 74.8 Å². The van der Waals surface area contributed by atoms with Crippen molar-refractivity contribution in [2.75, 3.05) is 7.11 Å². The fraction of sp³-hybridized carbons (Fsp3) is 0.300. The molecule has 3 rings (SSSR count). The zero-order valence-electron chi connectivity index (χ0n) is 17.5. The number of rotatable bonds is 7. The average Bonchev–Trinajstić information content (AvgIpc) is 3.14. The number of sulfonamides is 1. The van der Waals surface area contributed by atoms with Gasteiger partial charge in [0.25, 0.3) is 0 Å². The van der Waals surface area contributed by atoms with Crippen molar-refractivity contribution in [1.82, 2.24) is 14.9 Å². The predicted molar refractivity (Wildman–Crippen MR) is 107 cm³/mol. The first kappa shape index (κ1) is 23.5. The predicted octanol–water partition coefficient (Wildman–Crippen LogP) is 3.23. The highest BCUT2D eigenvalue weighted by Crippen LogP contribution is 2.36. The lowest BCUT2D eigenvalue weighted by Crippen LogP contribution is -2.33. The van der Waals surface area contributed by atoms with Crippen LogP contribution in [0.2, 0.25) is 0 Å². The summed E-state index contributed by atoms with van der Waals surface area (Å²) in [6, 6.07) is 2.45. The zero-order valence-corrected chi connectivity index (χ0v) is 18.3. The van der Waals surface area contributed by atoms with E-state index >= 15 is 0 Å². The highest BCUT2D eigenvalue weighted by Gasteiger charge is 2.36. The maximum Gasteiger partial charge on any atom is 0.434 e. The quantitative estimate of drug-likeness (QED) is 0.547. The van der Waals surface area contributed by atoms with Gasteiger partial charge in [0.05, 0.1) is 7.11 Å². The molecule has 172 valence electrons. The number of hydrogen-bond donors (Lipinski definition) is 2. The second-order valence-electron chi connectivity index (χ2n) is 7.16. The first-order valence-corrected chi connectivity index (χ1v) is 10.8. The monoisotopic (exact) mass is 471 g/mol. The van der Waals surface area contributed by atoms with Gasteiger partial charge in [-0.1, -0.05) is 13.0 Å². The van der Waals surface area contributed by atoms with E-state index in [1.807, 2.05) is 5.10 Å². The summed E-state index contributed by atoms with van der Waals surface area (Å²) in [5.41, 5.74) is 1.43. The second-order valence-corrected chi connectivity index (χ2v) is 8.81. The van der Waals surface area contributed by atoms with Crippen LogP contribution in [0.3, 0.4) is 0 Å². The van der Waals surface area contributed by atoms with Gasteiger partial charge in [-0.25, -0.2) is 31.5 Å². The maximum absolute atomic E-state index is 14.7. The van der Waals surface area contributed by atoms with Gasteiger partial charge in [0.15, 0.2) is 4.90 Å². The molecule has 1 heterocycles. The van der Waals surface area contributed by atoms with Gasteiger partial charge in [-0.2, -0.15) is 4.72 Å². The highest BCUT2D eigenvalue weighted by molar-refractivity contribution is 7.89. The molecule has 2 atom stereocenters. The van der Waals surface area contributed by atoms with Crippen LogP contribution in [-0.2, 0) is 10.0 Å². The van der Waals surface area contributed by atoms with E-state index in [1.165, 1.54) is 13.0 Å². The third-order valence-electron chi connectivity index (χ3n) is 5.15. The molecule has 0 bridgehead atoms. The van der Waals surface area contributed by atoms with Gasteiger partial charge in [-0.05, 0) is 36.6 Å². The van der Waals surface area contributed by atoms with E-state index in [1.54, 1.807) is 19.9 Å². The molecule has 2 aromatic carbocycles. The van der Waals surface area contributed by atoms with E-state index in [9.17, 15) is 26.4 Å². The SMILES string of the molecule is COc1cc(F)cc(F)c1S(=O)(=O)NC(c1n[nH]c(=O)o1)C(C)c1c(F)ccc(C)c1C. The van der Waals surface area contributed by atoms with Gasteiger partial charge in [0, 0.05) is 18.1 Å². The summed E-state index contributed by atoms with van der Waals surface area (Å²) in [7, 11) is -3.69. The summed E-state index contributed by atoms with van der Waals surface area (Å²) < 4.78 is 80.9. The van der Waals surface area contributed by atoms with Crippen LogP contribution in [0.1, 0.15) is 41.5 Å². The summed E-state index contributed by atoms with van der Waals surface area (Å²) >= 11 is 0. The zero-order chi connectivity index (χ0) is 23.8. The van der Waals surface area contributed by atoms with Gasteiger partial charge < -0.3 is 9.15 Å². The molecule has 0 radical (unpaired) electrons. The van der Waals surface area contributed by atoms with E-state index in [-0.39, 0.29) is 5.56 Å². The topological polar surface area (TPSA) is 114 Å². The lowest BCUT2D eigenvalue weighted by molar-refractivity contribution is 0.371. The minimum atomic E-state index is -4.73. The number of H-pyrrole nitrogens is 1. The standard InChI is InChI=1S/C20H20F3N3O5S/c1-9-5-6-13(22)16(10(9)2)11(3)17(19-24-25-20(27)31-19)26-32(28,29)18-14(23)7-12(21)8-15(18)30-4/h5-8,11,17,26H,1-4H3,(H,25,27). The Kier molecular flexibility index (Phi) is 6.46. The van der Waals surface area contributed by atoms with Crippen molar-refractivity contribution >= 4 is 10.0 Å². The van der Waals surface area contributed by atoms with Crippen molar-refractivity contribution in [3.8, 4) is 5.75 Å². The molecule has 2 N–H and O–H groups in total. The maximum atomic E-state index is 14.7. The van der Waals surface area contributed by atoms with Gasteiger partial charge in [0.2, 0.25) is 15.9 Å². The van der Waals surface area contributed by atoms with Crippen molar-refractivity contribution in [1.29, 1.82) is 0 Å². The normalized spacial score (nSPS) is 13.7. The minimum absolute atomic E-state index is 0.148. The molecular formula is C20H20F3N3O5S. The van der Waals surface area contributed by atoms with Crippen molar-refractivity contribution < 1.29 is 30.7 Å². The molecule has 2 unspecified atom stereocenters. The second kappa shape index (κ2) is 8.79. The van der Waals surface area contributed by atoms with Crippen molar-refractivity contribution in [2.45, 2.75) is 37.6 Å². The summed E-state index contributed by atoms with van der Waals surface area (Å²) in [4.78, 5) is 10.6. The fourth-order valence-corrected chi connectivity index (χ4v) is 4.93. The van der Waals surface area contributed by atoms with E-state index in [2.05, 4.69) is 9.82 Å². The molecule has 0 aliphatic heterocycles. The Morgan fingerprint density at radius 2 is 1.84 bits per heavy atom. The molecule has 12 heteroatoms. The number of nitrogens with zero attached hydrogens (tertiary/aromatic N) is 1. The van der Waals surface area contributed by atoms with Gasteiger partial charge in [-0.3, -0.25) is 0 Å². The lowest BCUT2D eigenvalue weighted by Gasteiger charge is -2.25. The molecule has 0 saturated heterocycles. The molecular weight excluding hydrogens is 451 g/mol. The van der Waals surface area contributed by atoms with Crippen LogP contribution in [0.5, 0.6) is 5.75 Å². The summed E-state index contributed by atoms with van der Waals surface area (Å²) in [5, 5.41) is 5.68. The molecule has 0 aliphatic rings. The minimum Gasteiger partial charge on any atom is -0.495 e. The Morgan fingerprint density at radius 3 is 2.44 bits per heavy atom. The number of nitrogens with one attached hydrogen (secondary N) is 2. The molecule has 32 heavy (non-hydrogen) atoms. The van der Waals surface area contributed by atoms with Crippen LogP contribution in [-0.4, -0.2) is 25.7 Å². The number of aromatic nitrogens is 2. The van der Waals surface area contributed by atoms with E-state index < -0.39 is 61.7 Å². The van der Waals surface area contributed by atoms with Gasteiger partial charge in [0.1, 0.15) is 29.2 Å². The Hall–Kier alpha value is -3.12. The number of methoxy groups -OCH3 is 1. The van der Waals surface area contributed by atoms with E-state index in [4.69, 9.17) is 9.15 Å². The third-order valence-corrected chi connectivity index (χ3v) is 6.65. The molecule has 1 aromatic heterocycles. The molecule has 0 amide bonds. The molecule has 0 spiro atoms. The van der Waals surface area contributed by atoms with Crippen LogP contribution < -0.4 is 15.2 Å².